The van der Waals surface area contributed by atoms with Gasteiger partial charge in [0.2, 0.25) is 0 Å². The van der Waals surface area contributed by atoms with E-state index in [4.69, 9.17) is 16.3 Å². The number of benzene rings is 1. The number of nitrogens with zero attached hydrogens (tertiary/aromatic N) is 1. The van der Waals surface area contributed by atoms with E-state index >= 15 is 0 Å². The summed E-state index contributed by atoms with van der Waals surface area (Å²) in [5, 5.41) is 10.1. The molecule has 1 fully saturated rings. The standard InChI is InChI=1S/C17H22ClNO4/c1-10(2)15(23-3)16(20)19-8-13(14(9-19)17(21)22)11-4-6-12(18)7-5-11/h4-7,10,13-15H,8-9H2,1-3H3,(H,21,22)/t13-,14+,15?/m0/s1. The number of hydrogen-bond acceptors (Lipinski definition) is 3. The summed E-state index contributed by atoms with van der Waals surface area (Å²) in [6.07, 6.45) is -0.548. The van der Waals surface area contributed by atoms with Crippen molar-refractivity contribution >= 4 is 23.5 Å². The summed E-state index contributed by atoms with van der Waals surface area (Å²) in [5.74, 6) is -1.86. The minimum absolute atomic E-state index is 0.0327. The molecule has 23 heavy (non-hydrogen) atoms. The number of likely N-dealkylation sites (tertiary alicyclic amines) is 1. The van der Waals surface area contributed by atoms with Gasteiger partial charge in [-0.05, 0) is 23.6 Å². The van der Waals surface area contributed by atoms with Gasteiger partial charge in [-0.25, -0.2) is 0 Å². The number of halogens is 1. The molecule has 2 rings (SSSR count). The molecule has 1 aliphatic rings. The Kier molecular flexibility index (Phi) is 5.65. The third-order valence-electron chi connectivity index (χ3n) is 4.35. The Morgan fingerprint density at radius 3 is 2.35 bits per heavy atom. The van der Waals surface area contributed by atoms with E-state index < -0.39 is 18.0 Å². The van der Waals surface area contributed by atoms with Crippen LogP contribution in [0.25, 0.3) is 0 Å². The molecule has 1 N–H and O–H groups in total. The van der Waals surface area contributed by atoms with E-state index in [-0.39, 0.29) is 24.3 Å². The van der Waals surface area contributed by atoms with Crippen LogP contribution in [0.5, 0.6) is 0 Å². The van der Waals surface area contributed by atoms with Crippen LogP contribution in [0.2, 0.25) is 5.02 Å². The van der Waals surface area contributed by atoms with E-state index in [2.05, 4.69) is 0 Å². The quantitative estimate of drug-likeness (QED) is 0.895. The van der Waals surface area contributed by atoms with Gasteiger partial charge in [0, 0.05) is 31.1 Å². The fraction of sp³-hybridized carbons (Fsp3) is 0.529. The second-order valence-corrected chi connectivity index (χ2v) is 6.68. The number of carbonyl (C=O) groups excluding carboxylic acids is 1. The van der Waals surface area contributed by atoms with Crippen molar-refractivity contribution in [2.75, 3.05) is 20.2 Å². The second kappa shape index (κ2) is 7.32. The Hall–Kier alpha value is -1.59. The highest BCUT2D eigenvalue weighted by molar-refractivity contribution is 6.30. The average molecular weight is 340 g/mol. The molecule has 1 aromatic carbocycles. The number of amides is 1. The molecule has 1 saturated heterocycles. The van der Waals surface area contributed by atoms with Crippen LogP contribution in [0.1, 0.15) is 25.3 Å². The first-order valence-electron chi connectivity index (χ1n) is 7.65. The maximum absolute atomic E-state index is 12.6. The Labute approximate surface area is 141 Å². The van der Waals surface area contributed by atoms with Gasteiger partial charge in [-0.2, -0.15) is 0 Å². The summed E-state index contributed by atoms with van der Waals surface area (Å²) in [4.78, 5) is 25.8. The molecule has 0 aromatic heterocycles. The number of aliphatic carboxylic acids is 1. The SMILES string of the molecule is COC(C(=O)N1C[C@@H](C(=O)O)[C@H](c2ccc(Cl)cc2)C1)C(C)C. The molecule has 1 aromatic rings. The zero-order chi connectivity index (χ0) is 17.1. The summed E-state index contributed by atoms with van der Waals surface area (Å²) in [6, 6.07) is 7.14. The Morgan fingerprint density at radius 1 is 1.26 bits per heavy atom. The Bertz CT molecular complexity index is 572. The van der Waals surface area contributed by atoms with Gasteiger partial charge in [-0.15, -0.1) is 0 Å². The van der Waals surface area contributed by atoms with Crippen LogP contribution in [0.4, 0.5) is 0 Å². The molecule has 0 aliphatic carbocycles. The number of carbonyl (C=O) groups is 2. The van der Waals surface area contributed by atoms with Crippen molar-refractivity contribution in [3.63, 3.8) is 0 Å². The summed E-state index contributed by atoms with van der Waals surface area (Å²) in [7, 11) is 1.50. The number of methoxy groups -OCH3 is 1. The van der Waals surface area contributed by atoms with E-state index in [1.807, 2.05) is 26.0 Å². The van der Waals surface area contributed by atoms with Gasteiger partial charge in [0.25, 0.3) is 5.91 Å². The molecule has 0 radical (unpaired) electrons. The average Bonchev–Trinajstić information content (AvgIpc) is 2.93. The molecule has 5 nitrogen and oxygen atoms in total. The Balaban J connectivity index is 2.22. The molecule has 0 saturated carbocycles. The molecule has 0 bridgehead atoms. The van der Waals surface area contributed by atoms with Crippen molar-refractivity contribution in [2.45, 2.75) is 25.9 Å². The van der Waals surface area contributed by atoms with Crippen molar-refractivity contribution in [1.29, 1.82) is 0 Å². The number of carboxylic acid groups (broad SMARTS) is 1. The van der Waals surface area contributed by atoms with Crippen LogP contribution < -0.4 is 0 Å². The van der Waals surface area contributed by atoms with Gasteiger partial charge in [-0.1, -0.05) is 37.6 Å². The molecule has 1 amide bonds. The van der Waals surface area contributed by atoms with Crippen LogP contribution in [0.15, 0.2) is 24.3 Å². The maximum atomic E-state index is 12.6. The number of ether oxygens (including phenoxy) is 1. The predicted molar refractivity (Wildman–Crippen MR) is 87.5 cm³/mol. The van der Waals surface area contributed by atoms with Crippen molar-refractivity contribution in [3.8, 4) is 0 Å². The monoisotopic (exact) mass is 339 g/mol. The van der Waals surface area contributed by atoms with E-state index in [0.717, 1.165) is 5.56 Å². The third kappa shape index (κ3) is 3.85. The van der Waals surface area contributed by atoms with Crippen molar-refractivity contribution in [3.05, 3.63) is 34.9 Å². The van der Waals surface area contributed by atoms with Gasteiger partial charge in [0.15, 0.2) is 0 Å². The lowest BCUT2D eigenvalue weighted by Crippen LogP contribution is -2.41. The van der Waals surface area contributed by atoms with Crippen molar-refractivity contribution in [2.24, 2.45) is 11.8 Å². The summed E-state index contributed by atoms with van der Waals surface area (Å²) < 4.78 is 5.28. The summed E-state index contributed by atoms with van der Waals surface area (Å²) in [5.41, 5.74) is 0.885. The van der Waals surface area contributed by atoms with Crippen molar-refractivity contribution < 1.29 is 19.4 Å². The molecule has 1 unspecified atom stereocenters. The number of hydrogen-bond donors (Lipinski definition) is 1. The van der Waals surface area contributed by atoms with Gasteiger partial charge in [-0.3, -0.25) is 9.59 Å². The maximum Gasteiger partial charge on any atom is 0.308 e. The van der Waals surface area contributed by atoms with E-state index in [9.17, 15) is 14.7 Å². The predicted octanol–water partition coefficient (Wildman–Crippen LogP) is 2.64. The lowest BCUT2D eigenvalue weighted by molar-refractivity contribution is -0.144. The zero-order valence-corrected chi connectivity index (χ0v) is 14.3. The molecule has 0 spiro atoms. The number of rotatable bonds is 5. The Morgan fingerprint density at radius 2 is 1.87 bits per heavy atom. The zero-order valence-electron chi connectivity index (χ0n) is 13.5. The molecule has 3 atom stereocenters. The van der Waals surface area contributed by atoms with Gasteiger partial charge >= 0.3 is 5.97 Å². The number of carboxylic acids is 1. The first-order chi connectivity index (χ1) is 10.8. The summed E-state index contributed by atoms with van der Waals surface area (Å²) in [6.45, 7) is 4.40. The lowest BCUT2D eigenvalue weighted by Gasteiger charge is -2.25. The van der Waals surface area contributed by atoms with Crippen molar-refractivity contribution in [1.82, 2.24) is 4.90 Å². The minimum atomic E-state index is -0.890. The van der Waals surface area contributed by atoms with E-state index in [0.29, 0.717) is 11.6 Å². The highest BCUT2D eigenvalue weighted by atomic mass is 35.5. The smallest absolute Gasteiger partial charge is 0.308 e. The molecular formula is C17H22ClNO4. The third-order valence-corrected chi connectivity index (χ3v) is 4.60. The second-order valence-electron chi connectivity index (χ2n) is 6.25. The molecule has 126 valence electrons. The fourth-order valence-electron chi connectivity index (χ4n) is 3.12. The fourth-order valence-corrected chi connectivity index (χ4v) is 3.25. The normalized spacial score (nSPS) is 22.4. The molecule has 6 heteroatoms. The van der Waals surface area contributed by atoms with Crippen LogP contribution in [-0.2, 0) is 14.3 Å². The van der Waals surface area contributed by atoms with Crippen LogP contribution in [0, 0.1) is 11.8 Å². The molecular weight excluding hydrogens is 318 g/mol. The minimum Gasteiger partial charge on any atom is -0.481 e. The van der Waals surface area contributed by atoms with Crippen LogP contribution in [-0.4, -0.2) is 48.2 Å². The first kappa shape index (κ1) is 17.8. The lowest BCUT2D eigenvalue weighted by atomic mass is 9.89. The van der Waals surface area contributed by atoms with Crippen LogP contribution in [0.3, 0.4) is 0 Å². The van der Waals surface area contributed by atoms with E-state index in [1.165, 1.54) is 7.11 Å². The van der Waals surface area contributed by atoms with E-state index in [1.54, 1.807) is 17.0 Å². The van der Waals surface area contributed by atoms with Gasteiger partial charge in [0.05, 0.1) is 5.92 Å². The largest absolute Gasteiger partial charge is 0.481 e. The van der Waals surface area contributed by atoms with Gasteiger partial charge < -0.3 is 14.7 Å². The first-order valence-corrected chi connectivity index (χ1v) is 8.02. The highest BCUT2D eigenvalue weighted by Crippen LogP contribution is 2.34. The molecule has 1 heterocycles. The highest BCUT2D eigenvalue weighted by Gasteiger charge is 2.42. The summed E-state index contributed by atoms with van der Waals surface area (Å²) >= 11 is 5.89. The van der Waals surface area contributed by atoms with Crippen LogP contribution >= 0.6 is 11.6 Å². The molecule has 1 aliphatic heterocycles. The topological polar surface area (TPSA) is 66.8 Å². The van der Waals surface area contributed by atoms with Gasteiger partial charge in [0.1, 0.15) is 6.10 Å².